The lowest BCUT2D eigenvalue weighted by atomic mass is 9.95. The van der Waals surface area contributed by atoms with E-state index < -0.39 is 6.29 Å². The normalized spacial score (nSPS) is 18.1. The highest BCUT2D eigenvalue weighted by Gasteiger charge is 2.23. The molecule has 0 bridgehead atoms. The third-order valence-electron chi connectivity index (χ3n) is 5.58. The van der Waals surface area contributed by atoms with Gasteiger partial charge in [-0.25, -0.2) is 0 Å². The van der Waals surface area contributed by atoms with Crippen molar-refractivity contribution in [2.24, 2.45) is 0 Å². The fourth-order valence-electron chi connectivity index (χ4n) is 4.09. The molecule has 1 atom stereocenters. The molecule has 0 aromatic heterocycles. The van der Waals surface area contributed by atoms with Crippen molar-refractivity contribution in [3.05, 3.63) is 101 Å². The topological polar surface area (TPSA) is 40.5 Å². The molecule has 0 radical (unpaired) electrons. The first-order valence-corrected chi connectivity index (χ1v) is 9.27. The molecular formula is C25H20O2. The van der Waals surface area contributed by atoms with Crippen molar-refractivity contribution >= 4 is 28.0 Å². The first-order chi connectivity index (χ1) is 13.2. The first-order valence-electron chi connectivity index (χ1n) is 9.27. The molecule has 0 heterocycles. The summed E-state index contributed by atoms with van der Waals surface area (Å²) >= 11 is 0. The third kappa shape index (κ3) is 2.84. The largest absolute Gasteiger partial charge is 0.367 e. The molecule has 3 aromatic carbocycles. The molecule has 1 unspecified atom stereocenters. The van der Waals surface area contributed by atoms with Crippen LogP contribution in [0.4, 0.5) is 0 Å². The molecule has 5 rings (SSSR count). The average molecular weight is 352 g/mol. The Labute approximate surface area is 158 Å². The molecule has 27 heavy (non-hydrogen) atoms. The quantitative estimate of drug-likeness (QED) is 0.642. The molecule has 0 aliphatic heterocycles. The number of fused-ring (bicyclic) bond motifs is 2. The second kappa shape index (κ2) is 6.34. The molecule has 0 saturated carbocycles. The van der Waals surface area contributed by atoms with Crippen molar-refractivity contribution in [2.45, 2.75) is 18.6 Å². The van der Waals surface area contributed by atoms with Crippen LogP contribution in [-0.4, -0.2) is 16.5 Å². The van der Waals surface area contributed by atoms with Gasteiger partial charge in [-0.15, -0.1) is 0 Å². The van der Waals surface area contributed by atoms with E-state index in [0.29, 0.717) is 0 Å². The SMILES string of the molecule is OC(O)C1C=Cc2cc(C3=CC(c4ccc5ccccc5c4)=CC3)ccc21. The maximum Gasteiger partial charge on any atom is 0.161 e. The van der Waals surface area contributed by atoms with Gasteiger partial charge in [0.1, 0.15) is 0 Å². The van der Waals surface area contributed by atoms with Crippen LogP contribution in [0.5, 0.6) is 0 Å². The van der Waals surface area contributed by atoms with Crippen molar-refractivity contribution in [3.8, 4) is 0 Å². The zero-order valence-corrected chi connectivity index (χ0v) is 14.8. The van der Waals surface area contributed by atoms with Crippen LogP contribution < -0.4 is 0 Å². The minimum absolute atomic E-state index is 0.321. The highest BCUT2D eigenvalue weighted by molar-refractivity contribution is 5.93. The summed E-state index contributed by atoms with van der Waals surface area (Å²) in [5.74, 6) is -0.321. The Bertz CT molecular complexity index is 1130. The van der Waals surface area contributed by atoms with Gasteiger partial charge in [-0.3, -0.25) is 0 Å². The van der Waals surface area contributed by atoms with E-state index in [1.807, 2.05) is 18.2 Å². The van der Waals surface area contributed by atoms with E-state index >= 15 is 0 Å². The van der Waals surface area contributed by atoms with Crippen LogP contribution >= 0.6 is 0 Å². The summed E-state index contributed by atoms with van der Waals surface area (Å²) in [4.78, 5) is 0. The Morgan fingerprint density at radius 2 is 1.67 bits per heavy atom. The van der Waals surface area contributed by atoms with Crippen molar-refractivity contribution in [2.75, 3.05) is 0 Å². The molecule has 132 valence electrons. The summed E-state index contributed by atoms with van der Waals surface area (Å²) < 4.78 is 0. The van der Waals surface area contributed by atoms with Crippen molar-refractivity contribution in [1.29, 1.82) is 0 Å². The molecule has 0 saturated heterocycles. The van der Waals surface area contributed by atoms with Crippen molar-refractivity contribution < 1.29 is 10.2 Å². The van der Waals surface area contributed by atoms with Gasteiger partial charge in [0.15, 0.2) is 6.29 Å². The molecule has 2 heteroatoms. The van der Waals surface area contributed by atoms with Crippen LogP contribution in [0.25, 0.3) is 28.0 Å². The molecule has 0 amide bonds. The number of allylic oxidation sites excluding steroid dienone is 4. The molecule has 2 aliphatic carbocycles. The number of hydrogen-bond acceptors (Lipinski definition) is 2. The third-order valence-corrected chi connectivity index (χ3v) is 5.58. The predicted molar refractivity (Wildman–Crippen MR) is 111 cm³/mol. The minimum Gasteiger partial charge on any atom is -0.367 e. The van der Waals surface area contributed by atoms with E-state index in [4.69, 9.17) is 0 Å². The fourth-order valence-corrected chi connectivity index (χ4v) is 4.09. The summed E-state index contributed by atoms with van der Waals surface area (Å²) in [5, 5.41) is 21.5. The lowest BCUT2D eigenvalue weighted by Gasteiger charge is -2.14. The lowest BCUT2D eigenvalue weighted by Crippen LogP contribution is -2.14. The number of hydrogen-bond donors (Lipinski definition) is 2. The fraction of sp³-hybridized carbons (Fsp3) is 0.120. The van der Waals surface area contributed by atoms with Crippen LogP contribution in [-0.2, 0) is 0 Å². The zero-order chi connectivity index (χ0) is 18.4. The Kier molecular flexibility index (Phi) is 3.82. The predicted octanol–water partition coefficient (Wildman–Crippen LogP) is 5.13. The first kappa shape index (κ1) is 16.2. The molecule has 2 aliphatic rings. The van der Waals surface area contributed by atoms with Crippen LogP contribution in [0, 0.1) is 0 Å². The van der Waals surface area contributed by atoms with Crippen LogP contribution in [0.2, 0.25) is 0 Å². The molecule has 0 fully saturated rings. The van der Waals surface area contributed by atoms with Crippen molar-refractivity contribution in [3.63, 3.8) is 0 Å². The number of aliphatic hydroxyl groups excluding tert-OH is 1. The van der Waals surface area contributed by atoms with E-state index in [-0.39, 0.29) is 5.92 Å². The monoisotopic (exact) mass is 352 g/mol. The Hall–Kier alpha value is -2.94. The zero-order valence-electron chi connectivity index (χ0n) is 14.8. The second-order valence-corrected chi connectivity index (χ2v) is 7.24. The van der Waals surface area contributed by atoms with Crippen LogP contribution in [0.1, 0.15) is 34.6 Å². The summed E-state index contributed by atoms with van der Waals surface area (Å²) in [5.41, 5.74) is 7.05. The Morgan fingerprint density at radius 1 is 0.852 bits per heavy atom. The maximum absolute atomic E-state index is 9.50. The van der Waals surface area contributed by atoms with E-state index in [1.54, 1.807) is 0 Å². The summed E-state index contributed by atoms with van der Waals surface area (Å²) in [6.07, 6.45) is 7.96. The van der Waals surface area contributed by atoms with Gasteiger partial charge in [-0.05, 0) is 62.7 Å². The van der Waals surface area contributed by atoms with Gasteiger partial charge in [0, 0.05) is 0 Å². The van der Waals surface area contributed by atoms with E-state index in [0.717, 1.165) is 17.5 Å². The van der Waals surface area contributed by atoms with Crippen LogP contribution in [0.3, 0.4) is 0 Å². The smallest absolute Gasteiger partial charge is 0.161 e. The maximum atomic E-state index is 9.50. The molecule has 2 N–H and O–H groups in total. The Balaban J connectivity index is 1.45. The van der Waals surface area contributed by atoms with E-state index in [2.05, 4.69) is 66.7 Å². The van der Waals surface area contributed by atoms with Gasteiger partial charge < -0.3 is 10.2 Å². The van der Waals surface area contributed by atoms with E-state index in [9.17, 15) is 10.2 Å². The molecule has 0 spiro atoms. The van der Waals surface area contributed by atoms with Gasteiger partial charge in [-0.1, -0.05) is 72.8 Å². The number of rotatable bonds is 3. The van der Waals surface area contributed by atoms with Gasteiger partial charge in [0.25, 0.3) is 0 Å². The molecular weight excluding hydrogens is 332 g/mol. The second-order valence-electron chi connectivity index (χ2n) is 7.24. The number of aliphatic hydroxyl groups is 2. The van der Waals surface area contributed by atoms with Gasteiger partial charge in [0.2, 0.25) is 0 Å². The number of benzene rings is 3. The molecule has 3 aromatic rings. The van der Waals surface area contributed by atoms with E-state index in [1.165, 1.54) is 33.0 Å². The van der Waals surface area contributed by atoms with Gasteiger partial charge >= 0.3 is 0 Å². The van der Waals surface area contributed by atoms with Crippen molar-refractivity contribution in [1.82, 2.24) is 0 Å². The summed E-state index contributed by atoms with van der Waals surface area (Å²) in [6, 6.07) is 21.3. The lowest BCUT2D eigenvalue weighted by molar-refractivity contribution is -0.0490. The van der Waals surface area contributed by atoms with Gasteiger partial charge in [-0.2, -0.15) is 0 Å². The van der Waals surface area contributed by atoms with Gasteiger partial charge in [0.05, 0.1) is 5.92 Å². The average Bonchev–Trinajstić information content (AvgIpc) is 3.34. The standard InChI is InChI=1S/C25H20O2/c26-25(27)24-12-10-22-15-21(9-11-23(22)24)20-8-7-19(14-20)18-6-5-16-3-1-2-4-17(16)13-18/h1-7,9-15,24-27H,8H2. The summed E-state index contributed by atoms with van der Waals surface area (Å²) in [6.45, 7) is 0. The summed E-state index contributed by atoms with van der Waals surface area (Å²) in [7, 11) is 0. The van der Waals surface area contributed by atoms with Crippen LogP contribution in [0.15, 0.2) is 78.9 Å². The highest BCUT2D eigenvalue weighted by atomic mass is 16.5. The highest BCUT2D eigenvalue weighted by Crippen LogP contribution is 2.37. The minimum atomic E-state index is -1.35. The Morgan fingerprint density at radius 3 is 2.52 bits per heavy atom. The molecule has 2 nitrogen and oxygen atoms in total.